The molecule has 5 heterocycles. The molecule has 332 valence electrons. The van der Waals surface area contributed by atoms with E-state index in [4.69, 9.17) is 15.0 Å². The van der Waals surface area contributed by atoms with Crippen LogP contribution in [0.25, 0.3) is 89.5 Å². The molecule has 0 bridgehead atoms. The van der Waals surface area contributed by atoms with Crippen molar-refractivity contribution < 1.29 is 26.2 Å². The van der Waals surface area contributed by atoms with Crippen LogP contribution in [0.3, 0.4) is 0 Å². The molecule has 0 fully saturated rings. The Balaban J connectivity index is 0.00000511. The van der Waals surface area contributed by atoms with Gasteiger partial charge in [-0.3, -0.25) is 13.5 Å². The first-order valence-electron chi connectivity index (χ1n) is 22.4. The molecule has 66 heavy (non-hydrogen) atoms. The van der Waals surface area contributed by atoms with E-state index in [0.717, 1.165) is 83.4 Å². The molecule has 11 rings (SSSR count). The van der Waals surface area contributed by atoms with Crippen molar-refractivity contribution in [1.82, 2.24) is 33.1 Å². The summed E-state index contributed by atoms with van der Waals surface area (Å²) in [5.41, 5.74) is 12.8. The first-order chi connectivity index (χ1) is 31.1. The third-order valence-electron chi connectivity index (χ3n) is 12.9. The van der Waals surface area contributed by atoms with E-state index < -0.39 is 0 Å². The van der Waals surface area contributed by atoms with Crippen molar-refractivity contribution in [2.24, 2.45) is 0 Å². The quantitative estimate of drug-likeness (QED) is 0.174. The first-order valence-corrected chi connectivity index (χ1v) is 22.4. The summed E-state index contributed by atoms with van der Waals surface area (Å²) in [5.74, 6) is 2.34. The molecule has 6 aromatic carbocycles. The number of aromatic nitrogens is 7. The summed E-state index contributed by atoms with van der Waals surface area (Å²) in [4.78, 5) is 15.7. The molecule has 0 atom stereocenters. The maximum Gasteiger partial charge on any atom is 0.220 e. The van der Waals surface area contributed by atoms with Gasteiger partial charge in [0, 0.05) is 43.9 Å². The predicted molar refractivity (Wildman–Crippen MR) is 266 cm³/mol. The van der Waals surface area contributed by atoms with E-state index in [1.165, 1.54) is 5.56 Å². The van der Waals surface area contributed by atoms with E-state index in [1.54, 1.807) is 0 Å². The number of pyridine rings is 1. The van der Waals surface area contributed by atoms with Gasteiger partial charge in [-0.25, -0.2) is 15.0 Å². The van der Waals surface area contributed by atoms with Crippen molar-refractivity contribution in [3.63, 3.8) is 0 Å². The van der Waals surface area contributed by atoms with Crippen molar-refractivity contribution in [3.05, 3.63) is 169 Å². The zero-order valence-corrected chi connectivity index (χ0v) is 41.0. The summed E-state index contributed by atoms with van der Waals surface area (Å²) in [6.07, 6.45) is 3.96. The van der Waals surface area contributed by atoms with Crippen LogP contribution in [0.15, 0.2) is 146 Å². The van der Waals surface area contributed by atoms with Gasteiger partial charge in [0.25, 0.3) is 0 Å². The number of phenols is 1. The van der Waals surface area contributed by atoms with Crippen LogP contribution in [-0.4, -0.2) is 38.2 Å². The van der Waals surface area contributed by atoms with Crippen LogP contribution in [0.2, 0.25) is 0 Å². The van der Waals surface area contributed by atoms with E-state index in [1.807, 2.05) is 30.5 Å². The van der Waals surface area contributed by atoms with Crippen LogP contribution in [0.5, 0.6) is 5.75 Å². The van der Waals surface area contributed by atoms with Crippen LogP contribution in [0, 0.1) is 6.07 Å². The van der Waals surface area contributed by atoms with Crippen LogP contribution < -0.4 is 0 Å². The Kier molecular flexibility index (Phi) is 10.1. The Bertz CT molecular complexity index is 3680. The fraction of sp³-hybridized carbons (Fsp3) is 0.211. The Morgan fingerprint density at radius 2 is 1.26 bits per heavy atom. The smallest absolute Gasteiger partial charge is 0.220 e. The average molecular weight is 1050 g/mol. The SMILES string of the molecule is CC(C)(C)c1ccc(-n2cc(-n3c4[c-]c(-n5c6ncccc6n6c7ccccc7nc56)ccc4c4ccccc43)nc2-c2cc(C(C)(C)C)cc(C(C)(C)C)c2O)c(-c2ccccc2)c1.[Pt]. The molecule has 1 N–H and O–H groups in total. The minimum Gasteiger partial charge on any atom is -0.507 e. The monoisotopic (exact) mass is 1050 g/mol. The van der Waals surface area contributed by atoms with Crippen molar-refractivity contribution in [2.45, 2.75) is 78.6 Å². The van der Waals surface area contributed by atoms with Crippen molar-refractivity contribution >= 4 is 49.8 Å². The van der Waals surface area contributed by atoms with Gasteiger partial charge in [-0.2, -0.15) is 6.07 Å². The predicted octanol–water partition coefficient (Wildman–Crippen LogP) is 13.8. The number of hydrogen-bond acceptors (Lipinski definition) is 4. The standard InChI is InChI=1S/C57H52N7O.Pt/c1-55(2,3)36-25-28-45(41(30-36)35-18-11-10-12-19-35)61-34-50(60-52(61)42-31-37(56(4,5)6)32-43(51(42)65)57(7,8)9)63-46-22-15-13-20-39(46)40-27-26-38(33-49(40)63)62-53-48(24-17-29-58-53)64-47-23-16-14-21-44(47)59-54(62)64;/h10-32,34,65H,1-9H3;/q-1;. The van der Waals surface area contributed by atoms with Gasteiger partial charge in [-0.1, -0.05) is 146 Å². The Morgan fingerprint density at radius 3 is 2.00 bits per heavy atom. The fourth-order valence-corrected chi connectivity index (χ4v) is 9.42. The Morgan fingerprint density at radius 1 is 0.576 bits per heavy atom. The number of phenolic OH excluding ortho intramolecular Hbond substituents is 1. The molecule has 0 radical (unpaired) electrons. The number of hydrogen-bond donors (Lipinski definition) is 1. The molecule has 5 aromatic heterocycles. The summed E-state index contributed by atoms with van der Waals surface area (Å²) in [6.45, 7) is 19.9. The zero-order chi connectivity index (χ0) is 45.2. The molecule has 9 heteroatoms. The Hall–Kier alpha value is -6.76. The summed E-state index contributed by atoms with van der Waals surface area (Å²) >= 11 is 0. The normalized spacial score (nSPS) is 12.6. The number of fused-ring (bicyclic) bond motifs is 8. The second kappa shape index (κ2) is 15.4. The van der Waals surface area contributed by atoms with Crippen LogP contribution in [-0.2, 0) is 37.3 Å². The van der Waals surface area contributed by atoms with Crippen LogP contribution >= 0.6 is 0 Å². The van der Waals surface area contributed by atoms with Gasteiger partial charge in [0.05, 0.1) is 34.0 Å². The third kappa shape index (κ3) is 6.88. The zero-order valence-electron chi connectivity index (χ0n) is 38.8. The molecule has 0 spiro atoms. The Labute approximate surface area is 399 Å². The largest absolute Gasteiger partial charge is 0.507 e. The average Bonchev–Trinajstić information content (AvgIpc) is 4.04. The van der Waals surface area contributed by atoms with E-state index in [0.29, 0.717) is 17.2 Å². The molecule has 0 saturated carbocycles. The summed E-state index contributed by atoms with van der Waals surface area (Å²) < 4.78 is 8.69. The second-order valence-corrected chi connectivity index (χ2v) is 20.4. The minimum atomic E-state index is -0.342. The van der Waals surface area contributed by atoms with Gasteiger partial charge in [0.15, 0.2) is 17.3 Å². The molecule has 11 aromatic rings. The second-order valence-electron chi connectivity index (χ2n) is 20.4. The van der Waals surface area contributed by atoms with Gasteiger partial charge in [0.1, 0.15) is 5.75 Å². The summed E-state index contributed by atoms with van der Waals surface area (Å²) in [5, 5.41) is 14.7. The number of para-hydroxylation sites is 3. The van der Waals surface area contributed by atoms with Crippen LogP contribution in [0.1, 0.15) is 79.0 Å². The van der Waals surface area contributed by atoms with Gasteiger partial charge in [0.2, 0.25) is 5.78 Å². The van der Waals surface area contributed by atoms with Crippen molar-refractivity contribution in [3.8, 4) is 45.5 Å². The number of aromatic hydroxyl groups is 1. The van der Waals surface area contributed by atoms with Gasteiger partial charge in [-0.05, 0) is 86.9 Å². The molecular weight excluding hydrogens is 994 g/mol. The molecule has 0 amide bonds. The molecule has 0 aliphatic carbocycles. The number of benzene rings is 6. The summed E-state index contributed by atoms with van der Waals surface area (Å²) in [7, 11) is 0. The first kappa shape index (κ1) is 43.1. The molecule has 8 nitrogen and oxygen atoms in total. The minimum absolute atomic E-state index is 0. The van der Waals surface area contributed by atoms with E-state index in [-0.39, 0.29) is 43.1 Å². The van der Waals surface area contributed by atoms with Gasteiger partial charge < -0.3 is 9.67 Å². The summed E-state index contributed by atoms with van der Waals surface area (Å²) in [6, 6.07) is 50.6. The molecule has 0 aliphatic heterocycles. The van der Waals surface area contributed by atoms with E-state index >= 15 is 0 Å². The van der Waals surface area contributed by atoms with E-state index in [9.17, 15) is 5.11 Å². The topological polar surface area (TPSA) is 78.1 Å². The molecule has 0 saturated heterocycles. The fourth-order valence-electron chi connectivity index (χ4n) is 9.42. The van der Waals surface area contributed by atoms with Crippen molar-refractivity contribution in [1.29, 1.82) is 0 Å². The maximum absolute atomic E-state index is 12.5. The van der Waals surface area contributed by atoms with Gasteiger partial charge >= 0.3 is 0 Å². The molecular formula is C57H52N7OPt-. The van der Waals surface area contributed by atoms with Crippen molar-refractivity contribution in [2.75, 3.05) is 0 Å². The van der Waals surface area contributed by atoms with Crippen LogP contribution in [0.4, 0.5) is 0 Å². The molecule has 0 aliphatic rings. The maximum atomic E-state index is 12.5. The third-order valence-corrected chi connectivity index (χ3v) is 12.9. The number of imidazole rings is 3. The van der Waals surface area contributed by atoms with Gasteiger partial charge in [-0.15, -0.1) is 17.5 Å². The van der Waals surface area contributed by atoms with E-state index in [2.05, 4.69) is 202 Å². The number of nitrogens with zero attached hydrogens (tertiary/aromatic N) is 7. The number of rotatable bonds is 5. The molecule has 0 unspecified atom stereocenters.